The van der Waals surface area contributed by atoms with E-state index in [0.29, 0.717) is 0 Å². The molecule has 4 nitrogen and oxygen atoms in total. The third-order valence-electron chi connectivity index (χ3n) is 3.88. The van der Waals surface area contributed by atoms with Crippen molar-refractivity contribution in [2.75, 3.05) is 5.32 Å². The van der Waals surface area contributed by atoms with E-state index in [1.165, 1.54) is 0 Å². The molecule has 3 aromatic rings. The molecular weight excluding hydrogens is 288 g/mol. The molecule has 0 aliphatic heterocycles. The molecule has 23 heavy (non-hydrogen) atoms. The predicted octanol–water partition coefficient (Wildman–Crippen LogP) is 4.11. The average molecular weight is 308 g/mol. The van der Waals surface area contributed by atoms with Gasteiger partial charge in [0, 0.05) is 5.69 Å². The Bertz CT molecular complexity index is 796. The van der Waals surface area contributed by atoms with Gasteiger partial charge in [0.2, 0.25) is 5.91 Å². The number of anilines is 1. The van der Waals surface area contributed by atoms with Crippen LogP contribution in [-0.4, -0.2) is 11.9 Å². The van der Waals surface area contributed by atoms with Crippen molar-refractivity contribution in [1.29, 1.82) is 0 Å². The highest BCUT2D eigenvalue weighted by atomic mass is 16.3. The maximum Gasteiger partial charge on any atom is 0.241 e. The zero-order valence-electron chi connectivity index (χ0n) is 13.2. The fraction of sp³-hybridized carbons (Fsp3) is 0.211. The maximum atomic E-state index is 12.3. The van der Waals surface area contributed by atoms with Gasteiger partial charge in [0.05, 0.1) is 18.3 Å². The summed E-state index contributed by atoms with van der Waals surface area (Å²) in [6, 6.07) is 17.4. The summed E-state index contributed by atoms with van der Waals surface area (Å²) in [6.45, 7) is 3.81. The fourth-order valence-corrected chi connectivity index (χ4v) is 2.59. The molecule has 1 heterocycles. The van der Waals surface area contributed by atoms with E-state index in [2.05, 4.69) is 16.7 Å². The number of hydrogen-bond donors (Lipinski definition) is 2. The van der Waals surface area contributed by atoms with Crippen LogP contribution in [0, 0.1) is 0 Å². The van der Waals surface area contributed by atoms with E-state index < -0.39 is 0 Å². The van der Waals surface area contributed by atoms with Crippen LogP contribution in [0.3, 0.4) is 0 Å². The summed E-state index contributed by atoms with van der Waals surface area (Å²) in [4.78, 5) is 12.3. The minimum Gasteiger partial charge on any atom is -0.468 e. The molecule has 0 unspecified atom stereocenters. The van der Waals surface area contributed by atoms with Crippen molar-refractivity contribution >= 4 is 22.4 Å². The number of carbonyl (C=O) groups excluding carboxylic acids is 1. The van der Waals surface area contributed by atoms with Crippen molar-refractivity contribution in [3.63, 3.8) is 0 Å². The van der Waals surface area contributed by atoms with Gasteiger partial charge in [0.25, 0.3) is 0 Å². The Morgan fingerprint density at radius 1 is 1.00 bits per heavy atom. The lowest BCUT2D eigenvalue weighted by atomic mass is 10.1. The minimum atomic E-state index is -0.332. The summed E-state index contributed by atoms with van der Waals surface area (Å²) in [5, 5.41) is 8.45. The van der Waals surface area contributed by atoms with Crippen LogP contribution in [0.25, 0.3) is 10.8 Å². The van der Waals surface area contributed by atoms with Crippen LogP contribution in [0.5, 0.6) is 0 Å². The molecule has 0 saturated heterocycles. The largest absolute Gasteiger partial charge is 0.468 e. The second-order valence-corrected chi connectivity index (χ2v) is 5.68. The Morgan fingerprint density at radius 2 is 1.78 bits per heavy atom. The highest BCUT2D eigenvalue weighted by molar-refractivity contribution is 5.97. The van der Waals surface area contributed by atoms with Crippen molar-refractivity contribution < 1.29 is 9.21 Å². The van der Waals surface area contributed by atoms with Crippen LogP contribution in [0.2, 0.25) is 0 Å². The van der Waals surface area contributed by atoms with Crippen molar-refractivity contribution in [2.45, 2.75) is 25.9 Å². The zero-order valence-corrected chi connectivity index (χ0v) is 13.2. The molecule has 4 heteroatoms. The molecule has 0 aliphatic carbocycles. The lowest BCUT2D eigenvalue weighted by molar-refractivity contribution is -0.118. The van der Waals surface area contributed by atoms with Crippen LogP contribution in [-0.2, 0) is 4.79 Å². The number of nitrogens with one attached hydrogen (secondary N) is 2. The number of benzene rings is 2. The first kappa shape index (κ1) is 15.3. The molecular formula is C19H20N2O2. The molecule has 2 N–H and O–H groups in total. The summed E-state index contributed by atoms with van der Waals surface area (Å²) in [7, 11) is 0. The van der Waals surface area contributed by atoms with Crippen LogP contribution in [0.4, 0.5) is 5.69 Å². The van der Waals surface area contributed by atoms with Gasteiger partial charge in [-0.2, -0.15) is 0 Å². The van der Waals surface area contributed by atoms with Crippen molar-refractivity contribution in [3.05, 3.63) is 66.6 Å². The standard InChI is InChI=1S/C19H20N2O2/c1-13(18-8-5-11-23-18)20-14(2)19(22)21-17-10-9-15-6-3-4-7-16(15)12-17/h3-14,20H,1-2H3,(H,21,22)/t13-,14+/m0/s1. The molecule has 2 aromatic carbocycles. The first-order valence-electron chi connectivity index (χ1n) is 7.72. The Labute approximate surface area is 135 Å². The summed E-state index contributed by atoms with van der Waals surface area (Å²) in [5.74, 6) is 0.744. The number of rotatable bonds is 5. The monoisotopic (exact) mass is 308 g/mol. The molecule has 0 radical (unpaired) electrons. The summed E-state index contributed by atoms with van der Waals surface area (Å²) in [6.07, 6.45) is 1.63. The third kappa shape index (κ3) is 3.60. The maximum absolute atomic E-state index is 12.3. The fourth-order valence-electron chi connectivity index (χ4n) is 2.59. The molecule has 0 aliphatic rings. The second-order valence-electron chi connectivity index (χ2n) is 5.68. The number of carbonyl (C=O) groups is 1. The second kappa shape index (κ2) is 6.67. The summed E-state index contributed by atoms with van der Waals surface area (Å²) >= 11 is 0. The van der Waals surface area contributed by atoms with E-state index in [1.54, 1.807) is 6.26 Å². The minimum absolute atomic E-state index is 0.0256. The number of amides is 1. The Kier molecular flexibility index (Phi) is 4.44. The van der Waals surface area contributed by atoms with Gasteiger partial charge in [-0.25, -0.2) is 0 Å². The number of fused-ring (bicyclic) bond motifs is 1. The number of hydrogen-bond acceptors (Lipinski definition) is 3. The van der Waals surface area contributed by atoms with Gasteiger partial charge in [-0.05, 0) is 48.9 Å². The van der Waals surface area contributed by atoms with Crippen LogP contribution in [0.15, 0.2) is 65.3 Å². The van der Waals surface area contributed by atoms with Crippen LogP contribution in [0.1, 0.15) is 25.6 Å². The molecule has 1 amide bonds. The van der Waals surface area contributed by atoms with E-state index in [-0.39, 0.29) is 18.0 Å². The van der Waals surface area contributed by atoms with Crippen molar-refractivity contribution in [3.8, 4) is 0 Å². The lowest BCUT2D eigenvalue weighted by Gasteiger charge is -2.18. The normalized spacial score (nSPS) is 13.7. The molecule has 0 fully saturated rings. The molecule has 1 aromatic heterocycles. The predicted molar refractivity (Wildman–Crippen MR) is 92.3 cm³/mol. The van der Waals surface area contributed by atoms with Gasteiger partial charge in [0.1, 0.15) is 5.76 Å². The Balaban J connectivity index is 1.65. The van der Waals surface area contributed by atoms with Gasteiger partial charge in [-0.3, -0.25) is 10.1 Å². The highest BCUT2D eigenvalue weighted by Crippen LogP contribution is 2.19. The van der Waals surface area contributed by atoms with Crippen molar-refractivity contribution in [2.24, 2.45) is 0 Å². The SMILES string of the molecule is C[C@H](N[C@H](C)C(=O)Nc1ccc2ccccc2c1)c1ccco1. The van der Waals surface area contributed by atoms with Gasteiger partial charge >= 0.3 is 0 Å². The van der Waals surface area contributed by atoms with Crippen LogP contribution >= 0.6 is 0 Å². The topological polar surface area (TPSA) is 54.3 Å². The van der Waals surface area contributed by atoms with E-state index in [9.17, 15) is 4.79 Å². The molecule has 3 rings (SSSR count). The number of furan rings is 1. The zero-order chi connectivity index (χ0) is 16.2. The summed E-state index contributed by atoms with van der Waals surface area (Å²) < 4.78 is 5.35. The Morgan fingerprint density at radius 3 is 2.52 bits per heavy atom. The summed E-state index contributed by atoms with van der Waals surface area (Å²) in [5.41, 5.74) is 0.799. The molecule has 118 valence electrons. The lowest BCUT2D eigenvalue weighted by Crippen LogP contribution is -2.39. The van der Waals surface area contributed by atoms with E-state index >= 15 is 0 Å². The molecule has 0 spiro atoms. The molecule has 0 bridgehead atoms. The first-order chi connectivity index (χ1) is 11.1. The van der Waals surface area contributed by atoms with E-state index in [1.807, 2.05) is 62.4 Å². The Hall–Kier alpha value is -2.59. The van der Waals surface area contributed by atoms with Gasteiger partial charge in [0.15, 0.2) is 0 Å². The average Bonchev–Trinajstić information content (AvgIpc) is 3.09. The third-order valence-corrected chi connectivity index (χ3v) is 3.88. The van der Waals surface area contributed by atoms with Crippen molar-refractivity contribution in [1.82, 2.24) is 5.32 Å². The first-order valence-corrected chi connectivity index (χ1v) is 7.72. The highest BCUT2D eigenvalue weighted by Gasteiger charge is 2.17. The quantitative estimate of drug-likeness (QED) is 0.746. The van der Waals surface area contributed by atoms with E-state index in [4.69, 9.17) is 4.42 Å². The van der Waals surface area contributed by atoms with Crippen LogP contribution < -0.4 is 10.6 Å². The smallest absolute Gasteiger partial charge is 0.241 e. The van der Waals surface area contributed by atoms with E-state index in [0.717, 1.165) is 22.2 Å². The molecule has 2 atom stereocenters. The van der Waals surface area contributed by atoms with Gasteiger partial charge in [-0.15, -0.1) is 0 Å². The van der Waals surface area contributed by atoms with Gasteiger partial charge in [-0.1, -0.05) is 30.3 Å². The van der Waals surface area contributed by atoms with Gasteiger partial charge < -0.3 is 9.73 Å². The molecule has 0 saturated carbocycles.